The van der Waals surface area contributed by atoms with E-state index in [0.717, 1.165) is 0 Å². The first kappa shape index (κ1) is 21.0. The number of nitrogens with zero attached hydrogens (tertiary/aromatic N) is 1. The molecule has 117 valence electrons. The number of rotatable bonds is 8. The third-order valence-corrected chi connectivity index (χ3v) is 2.15. The van der Waals surface area contributed by atoms with E-state index in [1.807, 2.05) is 41.5 Å². The minimum Gasteiger partial charge on any atom is -0.850 e. The fraction of sp³-hybridized carbons (Fsp3) is 0.643. The predicted molar refractivity (Wildman–Crippen MR) is 77.9 cm³/mol. The fourth-order valence-corrected chi connectivity index (χ4v) is 1.60. The van der Waals surface area contributed by atoms with Gasteiger partial charge in [0, 0.05) is 0 Å². The van der Waals surface area contributed by atoms with Crippen LogP contribution in [0.15, 0.2) is 6.20 Å². The maximum atomic E-state index is 10.6. The van der Waals surface area contributed by atoms with Crippen LogP contribution in [0.25, 0.3) is 0 Å². The topological polar surface area (TPSA) is 72.9 Å². The van der Waals surface area contributed by atoms with Crippen LogP contribution in [-0.4, -0.2) is 31.0 Å². The maximum absolute atomic E-state index is 10.6. The van der Waals surface area contributed by atoms with Crippen molar-refractivity contribution in [2.45, 2.75) is 59.9 Å². The van der Waals surface area contributed by atoms with Crippen LogP contribution in [0.2, 0.25) is 0 Å². The van der Waals surface area contributed by atoms with E-state index < -0.39 is 0 Å². The third kappa shape index (κ3) is 6.39. The predicted octanol–water partition coefficient (Wildman–Crippen LogP) is -1.28. The van der Waals surface area contributed by atoms with Gasteiger partial charge in [-0.15, -0.1) is 0 Å². The third-order valence-electron chi connectivity index (χ3n) is 2.15. The standard InChI is InChI=1S/C14H22BNO5.Li/c1-8(2)18-11-7-16-14(21-15-17)13(20-10(5)6)12(11)19-9(3)4;/h7-10H,1-6H3;/q-1;+1. The molecule has 0 saturated carbocycles. The largest absolute Gasteiger partial charge is 1.00 e. The molecular weight excluding hydrogens is 280 g/mol. The SMILES string of the molecule is CC(C)Oc1cnc(O[B][O-])c(OC(C)C)c1OC(C)C.[Li+]. The Morgan fingerprint density at radius 2 is 1.41 bits per heavy atom. The van der Waals surface area contributed by atoms with Gasteiger partial charge in [-0.3, -0.25) is 0 Å². The van der Waals surface area contributed by atoms with Crippen LogP contribution in [0.1, 0.15) is 41.5 Å². The van der Waals surface area contributed by atoms with Gasteiger partial charge in [0.1, 0.15) is 0 Å². The second-order valence-corrected chi connectivity index (χ2v) is 5.30. The number of aromatic nitrogens is 1. The van der Waals surface area contributed by atoms with Crippen molar-refractivity contribution in [3.63, 3.8) is 0 Å². The Morgan fingerprint density at radius 3 is 1.86 bits per heavy atom. The molecule has 0 fully saturated rings. The summed E-state index contributed by atoms with van der Waals surface area (Å²) in [6, 6.07) is 0. The maximum Gasteiger partial charge on any atom is 1.00 e. The van der Waals surface area contributed by atoms with E-state index in [-0.39, 0.29) is 48.8 Å². The first-order valence-electron chi connectivity index (χ1n) is 6.98. The Hall–Kier alpha value is -1.03. The molecule has 1 aromatic heterocycles. The monoisotopic (exact) mass is 302 g/mol. The van der Waals surface area contributed by atoms with E-state index in [0.29, 0.717) is 19.2 Å². The van der Waals surface area contributed by atoms with Gasteiger partial charge in [0.2, 0.25) is 25.1 Å². The quantitative estimate of drug-likeness (QED) is 0.557. The van der Waals surface area contributed by atoms with E-state index in [1.165, 1.54) is 6.20 Å². The second kappa shape index (κ2) is 9.88. The van der Waals surface area contributed by atoms with Crippen LogP contribution in [0.5, 0.6) is 23.1 Å². The summed E-state index contributed by atoms with van der Waals surface area (Å²) >= 11 is 0. The van der Waals surface area contributed by atoms with Crippen molar-refractivity contribution < 1.29 is 42.7 Å². The molecule has 0 aliphatic rings. The molecule has 8 heteroatoms. The van der Waals surface area contributed by atoms with E-state index in [2.05, 4.69) is 4.98 Å². The smallest absolute Gasteiger partial charge is 0.850 e. The number of pyridine rings is 1. The van der Waals surface area contributed by atoms with Gasteiger partial charge in [-0.25, -0.2) is 4.98 Å². The summed E-state index contributed by atoms with van der Waals surface area (Å²) in [6.07, 6.45) is 1.18. The van der Waals surface area contributed by atoms with Crippen molar-refractivity contribution in [3.05, 3.63) is 6.20 Å². The fourth-order valence-electron chi connectivity index (χ4n) is 1.60. The molecule has 1 aromatic rings. The van der Waals surface area contributed by atoms with Gasteiger partial charge in [0.15, 0.2) is 5.75 Å². The van der Waals surface area contributed by atoms with Gasteiger partial charge in [-0.2, -0.15) is 0 Å². The van der Waals surface area contributed by atoms with Crippen molar-refractivity contribution in [2.24, 2.45) is 0 Å². The molecule has 0 aliphatic carbocycles. The summed E-state index contributed by atoms with van der Waals surface area (Å²) in [5, 5.41) is 10.6. The number of hydrogen-bond donors (Lipinski definition) is 0. The molecular formula is C14H22BLiNO5. The molecule has 6 nitrogen and oxygen atoms in total. The molecule has 0 amide bonds. The Kier molecular flexibility index (Phi) is 9.42. The summed E-state index contributed by atoms with van der Waals surface area (Å²) in [5.74, 6) is 1.17. The van der Waals surface area contributed by atoms with Crippen LogP contribution < -0.4 is 42.7 Å². The zero-order valence-corrected chi connectivity index (χ0v) is 14.4. The van der Waals surface area contributed by atoms with Crippen LogP contribution in [0, 0.1) is 0 Å². The Morgan fingerprint density at radius 1 is 0.909 bits per heavy atom. The number of ether oxygens (including phenoxy) is 3. The minimum absolute atomic E-state index is 0. The van der Waals surface area contributed by atoms with E-state index in [9.17, 15) is 5.02 Å². The molecule has 1 rings (SSSR count). The zero-order valence-electron chi connectivity index (χ0n) is 14.4. The molecule has 0 aliphatic heterocycles. The summed E-state index contributed by atoms with van der Waals surface area (Å²) in [4.78, 5) is 4.06. The van der Waals surface area contributed by atoms with Gasteiger partial charge < -0.3 is 23.9 Å². The Labute approximate surface area is 145 Å². The summed E-state index contributed by atoms with van der Waals surface area (Å²) in [6.45, 7) is 11.3. The van der Waals surface area contributed by atoms with Crippen molar-refractivity contribution in [1.29, 1.82) is 0 Å². The second-order valence-electron chi connectivity index (χ2n) is 5.30. The minimum atomic E-state index is -0.135. The Balaban J connectivity index is 0.00000441. The molecule has 0 saturated heterocycles. The van der Waals surface area contributed by atoms with Crippen LogP contribution >= 0.6 is 0 Å². The number of hydrogen-bond acceptors (Lipinski definition) is 6. The van der Waals surface area contributed by atoms with Gasteiger partial charge in [-0.1, -0.05) is 0 Å². The van der Waals surface area contributed by atoms with Gasteiger partial charge in [0.05, 0.1) is 24.5 Å². The molecule has 0 spiro atoms. The zero-order chi connectivity index (χ0) is 16.0. The Bertz CT molecular complexity index is 457. The first-order valence-corrected chi connectivity index (χ1v) is 6.98. The van der Waals surface area contributed by atoms with Crippen LogP contribution in [0.3, 0.4) is 0 Å². The van der Waals surface area contributed by atoms with E-state index in [1.54, 1.807) is 0 Å². The van der Waals surface area contributed by atoms with E-state index >= 15 is 0 Å². The molecule has 0 atom stereocenters. The van der Waals surface area contributed by atoms with Crippen molar-refractivity contribution >= 4 is 7.69 Å². The van der Waals surface area contributed by atoms with Gasteiger partial charge >= 0.3 is 18.9 Å². The van der Waals surface area contributed by atoms with Crippen molar-refractivity contribution in [1.82, 2.24) is 4.98 Å². The van der Waals surface area contributed by atoms with Gasteiger partial charge in [0.25, 0.3) is 0 Å². The average Bonchev–Trinajstić information content (AvgIpc) is 2.35. The molecule has 0 N–H and O–H groups in total. The molecule has 0 aromatic carbocycles. The summed E-state index contributed by atoms with van der Waals surface area (Å²) in [7, 11) is 0.303. The van der Waals surface area contributed by atoms with Crippen molar-refractivity contribution in [2.75, 3.05) is 0 Å². The molecule has 1 radical (unpaired) electrons. The summed E-state index contributed by atoms with van der Waals surface area (Å²) < 4.78 is 22.0. The molecule has 0 bridgehead atoms. The van der Waals surface area contributed by atoms with E-state index in [4.69, 9.17) is 18.9 Å². The van der Waals surface area contributed by atoms with Gasteiger partial charge in [-0.05, 0) is 41.5 Å². The summed E-state index contributed by atoms with van der Waals surface area (Å²) in [5.41, 5.74) is 0. The molecule has 1 heterocycles. The molecule has 0 unspecified atom stereocenters. The first-order chi connectivity index (χ1) is 9.85. The van der Waals surface area contributed by atoms with Crippen LogP contribution in [-0.2, 0) is 0 Å². The average molecular weight is 302 g/mol. The van der Waals surface area contributed by atoms with Crippen LogP contribution in [0.4, 0.5) is 0 Å². The van der Waals surface area contributed by atoms with Crippen molar-refractivity contribution in [3.8, 4) is 23.1 Å². The molecule has 22 heavy (non-hydrogen) atoms. The normalized spacial score (nSPS) is 10.5.